The molecule has 1 atom stereocenters. The predicted octanol–water partition coefficient (Wildman–Crippen LogP) is 3.70. The Kier molecular flexibility index (Phi) is 6.94. The van der Waals surface area contributed by atoms with Gasteiger partial charge >= 0.3 is 0 Å². The van der Waals surface area contributed by atoms with Gasteiger partial charge in [-0.05, 0) is 64.6 Å². The minimum atomic E-state index is -3.48. The first-order valence-corrected chi connectivity index (χ1v) is 13.8. The third-order valence-electron chi connectivity index (χ3n) is 5.22. The molecule has 0 spiro atoms. The Bertz CT molecular complexity index is 1260. The third kappa shape index (κ3) is 5.02. The van der Waals surface area contributed by atoms with Gasteiger partial charge in [-0.15, -0.1) is 0 Å². The maximum Gasteiger partial charge on any atom is 0.213 e. The molecule has 0 fully saturated rings. The van der Waals surface area contributed by atoms with Crippen LogP contribution in [0.25, 0.3) is 11.2 Å². The number of sulfonamides is 1. The molecule has 1 aliphatic rings. The number of hydrogen-bond acceptors (Lipinski definition) is 7. The number of anilines is 1. The van der Waals surface area contributed by atoms with Crippen molar-refractivity contribution in [1.82, 2.24) is 24.2 Å². The fraction of sp³-hybridized carbons (Fsp3) is 0.450. The number of nitrogen functional groups attached to an aromatic ring is 1. The largest absolute Gasteiger partial charge is 0.382 e. The Labute approximate surface area is 204 Å². The van der Waals surface area contributed by atoms with Crippen LogP contribution in [0.15, 0.2) is 28.5 Å². The summed E-state index contributed by atoms with van der Waals surface area (Å²) >= 11 is 3.59. The van der Waals surface area contributed by atoms with Crippen molar-refractivity contribution < 1.29 is 12.8 Å². The van der Waals surface area contributed by atoms with Crippen LogP contribution in [-0.2, 0) is 23.0 Å². The van der Waals surface area contributed by atoms with E-state index in [0.29, 0.717) is 29.3 Å². The summed E-state index contributed by atoms with van der Waals surface area (Å²) in [5.41, 5.74) is 8.65. The lowest BCUT2D eigenvalue weighted by Gasteiger charge is -2.12. The molecule has 3 aromatic rings. The number of fused-ring (bicyclic) bond motifs is 2. The van der Waals surface area contributed by atoms with Crippen molar-refractivity contribution in [3.63, 3.8) is 0 Å². The molecule has 12 heteroatoms. The average molecular weight is 590 g/mol. The summed E-state index contributed by atoms with van der Waals surface area (Å²) in [4.78, 5) is 13.8. The first-order valence-electron chi connectivity index (χ1n) is 10.2. The first-order chi connectivity index (χ1) is 15.1. The number of aryl methyl sites for hydroxylation is 2. The van der Waals surface area contributed by atoms with Crippen molar-refractivity contribution in [2.24, 2.45) is 5.92 Å². The molecule has 2 aromatic heterocycles. The molecular weight excluding hydrogens is 566 g/mol. The summed E-state index contributed by atoms with van der Waals surface area (Å²) in [5.74, 6) is 0.304. The number of halogens is 2. The highest BCUT2D eigenvalue weighted by Gasteiger charge is 2.25. The minimum absolute atomic E-state index is 0.128. The van der Waals surface area contributed by atoms with Crippen LogP contribution in [0, 0.1) is 9.49 Å². The van der Waals surface area contributed by atoms with Gasteiger partial charge in [0.2, 0.25) is 10.0 Å². The molecule has 0 radical (unpaired) electrons. The number of imidazole rings is 1. The van der Waals surface area contributed by atoms with Gasteiger partial charge in [-0.2, -0.15) is 0 Å². The summed E-state index contributed by atoms with van der Waals surface area (Å²) in [6.45, 7) is 4.42. The van der Waals surface area contributed by atoms with Gasteiger partial charge in [0.25, 0.3) is 0 Å². The van der Waals surface area contributed by atoms with Crippen LogP contribution >= 0.6 is 34.4 Å². The van der Waals surface area contributed by atoms with Gasteiger partial charge in [-0.3, -0.25) is 0 Å². The zero-order valence-corrected chi connectivity index (χ0v) is 21.5. The van der Waals surface area contributed by atoms with E-state index in [1.54, 1.807) is 4.57 Å². The van der Waals surface area contributed by atoms with Crippen molar-refractivity contribution in [1.29, 1.82) is 0 Å². The summed E-state index contributed by atoms with van der Waals surface area (Å²) < 4.78 is 44.6. The molecule has 0 saturated carbocycles. The van der Waals surface area contributed by atoms with Gasteiger partial charge in [0.05, 0.1) is 5.75 Å². The Balaban J connectivity index is 1.68. The molecule has 8 nitrogen and oxygen atoms in total. The molecule has 32 heavy (non-hydrogen) atoms. The fourth-order valence-corrected chi connectivity index (χ4v) is 6.50. The number of alkyl halides is 1. The normalized spacial score (nSPS) is 16.2. The van der Waals surface area contributed by atoms with Crippen molar-refractivity contribution in [2.45, 2.75) is 49.5 Å². The molecule has 4 rings (SSSR count). The number of rotatable bonds is 8. The highest BCUT2D eigenvalue weighted by molar-refractivity contribution is 14.1. The van der Waals surface area contributed by atoms with E-state index in [4.69, 9.17) is 5.73 Å². The van der Waals surface area contributed by atoms with Crippen molar-refractivity contribution >= 4 is 61.4 Å². The van der Waals surface area contributed by atoms with E-state index in [-0.39, 0.29) is 24.0 Å². The van der Waals surface area contributed by atoms with Crippen LogP contribution in [0.5, 0.6) is 0 Å². The quantitative estimate of drug-likeness (QED) is 0.385. The number of benzene rings is 1. The van der Waals surface area contributed by atoms with E-state index in [0.717, 1.165) is 26.0 Å². The summed E-state index contributed by atoms with van der Waals surface area (Å²) in [6.07, 6.45) is 1.62. The van der Waals surface area contributed by atoms with E-state index >= 15 is 0 Å². The molecule has 1 unspecified atom stereocenters. The first kappa shape index (κ1) is 23.6. The Hall–Kier alpha value is -1.51. The number of nitrogens with zero attached hydrogens (tertiary/aromatic N) is 4. The van der Waals surface area contributed by atoms with E-state index in [1.165, 1.54) is 18.1 Å². The molecule has 1 aliphatic carbocycles. The second kappa shape index (κ2) is 9.39. The molecule has 0 amide bonds. The van der Waals surface area contributed by atoms with Crippen molar-refractivity contribution in [2.75, 3.05) is 18.0 Å². The molecular formula is C20H24FIN6O2S2. The summed E-state index contributed by atoms with van der Waals surface area (Å²) in [6, 6.07) is 3.89. The topological polar surface area (TPSA) is 116 Å². The van der Waals surface area contributed by atoms with Crippen LogP contribution in [0.1, 0.15) is 37.6 Å². The number of nitrogens with one attached hydrogen (secondary N) is 1. The van der Waals surface area contributed by atoms with E-state index < -0.39 is 16.2 Å². The highest BCUT2D eigenvalue weighted by Crippen LogP contribution is 2.41. The number of hydrogen-bond donors (Lipinski definition) is 2. The standard InChI is InChI=1S/C20H24FIN6O2S2/c1-11(2)9-26-32(29,30)6-5-28-19-17(18(23)24-10-25-19)27-20(28)31-16-8-13-12(7-15(16)22)3-4-14(13)21/h7-8,10-11,14,26H,3-6,9H2,1-2H3,(H2,23,24,25). The zero-order valence-electron chi connectivity index (χ0n) is 17.7. The van der Waals surface area contributed by atoms with Crippen molar-refractivity contribution in [3.05, 3.63) is 33.2 Å². The number of nitrogens with two attached hydrogens (primary N) is 1. The lowest BCUT2D eigenvalue weighted by Crippen LogP contribution is -2.31. The van der Waals surface area contributed by atoms with Crippen LogP contribution in [0.4, 0.5) is 10.2 Å². The van der Waals surface area contributed by atoms with Gasteiger partial charge < -0.3 is 10.3 Å². The third-order valence-corrected chi connectivity index (χ3v) is 8.86. The van der Waals surface area contributed by atoms with Gasteiger partial charge in [0, 0.05) is 21.6 Å². The van der Waals surface area contributed by atoms with Gasteiger partial charge in [-0.1, -0.05) is 25.6 Å². The molecule has 2 heterocycles. The monoisotopic (exact) mass is 590 g/mol. The Morgan fingerprint density at radius 3 is 2.91 bits per heavy atom. The maximum atomic E-state index is 14.3. The molecule has 1 aromatic carbocycles. The van der Waals surface area contributed by atoms with Crippen LogP contribution in [0.3, 0.4) is 0 Å². The molecule has 0 saturated heterocycles. The van der Waals surface area contributed by atoms with Crippen LogP contribution < -0.4 is 10.5 Å². The van der Waals surface area contributed by atoms with Gasteiger partial charge in [-0.25, -0.2) is 32.5 Å². The predicted molar refractivity (Wildman–Crippen MR) is 132 cm³/mol. The Morgan fingerprint density at radius 2 is 2.16 bits per heavy atom. The van der Waals surface area contributed by atoms with Crippen molar-refractivity contribution in [3.8, 4) is 0 Å². The second-order valence-corrected chi connectivity index (χ2v) is 12.2. The van der Waals surface area contributed by atoms with E-state index in [2.05, 4.69) is 42.3 Å². The maximum absolute atomic E-state index is 14.3. The summed E-state index contributed by atoms with van der Waals surface area (Å²) in [5, 5.41) is 0.539. The summed E-state index contributed by atoms with van der Waals surface area (Å²) in [7, 11) is -3.48. The van der Waals surface area contributed by atoms with Crippen LogP contribution in [-0.4, -0.2) is 40.2 Å². The molecule has 172 valence electrons. The van der Waals surface area contributed by atoms with Gasteiger partial charge in [0.15, 0.2) is 22.1 Å². The van der Waals surface area contributed by atoms with Crippen LogP contribution in [0.2, 0.25) is 0 Å². The minimum Gasteiger partial charge on any atom is -0.382 e. The van der Waals surface area contributed by atoms with E-state index in [9.17, 15) is 12.8 Å². The Morgan fingerprint density at radius 1 is 1.38 bits per heavy atom. The molecule has 0 bridgehead atoms. The fourth-order valence-electron chi connectivity index (χ4n) is 3.52. The van der Waals surface area contributed by atoms with E-state index in [1.807, 2.05) is 26.0 Å². The average Bonchev–Trinajstić information content (AvgIpc) is 3.26. The molecule has 3 N–H and O–H groups in total. The molecule has 0 aliphatic heterocycles. The number of aromatic nitrogens is 4. The smallest absolute Gasteiger partial charge is 0.213 e. The SMILES string of the molecule is CC(C)CNS(=O)(=O)CCn1c(Sc2cc3c(cc2I)CCC3F)nc2c(N)ncnc21. The lowest BCUT2D eigenvalue weighted by atomic mass is 10.1. The highest BCUT2D eigenvalue weighted by atomic mass is 127. The van der Waals surface area contributed by atoms with Gasteiger partial charge in [0.1, 0.15) is 12.5 Å². The second-order valence-electron chi connectivity index (χ2n) is 8.13. The lowest BCUT2D eigenvalue weighted by molar-refractivity contribution is 0.343. The zero-order chi connectivity index (χ0) is 23.0.